The molecule has 0 aliphatic heterocycles. The number of aromatic nitrogens is 1. The molecule has 1 aromatic carbocycles. The fourth-order valence-electron chi connectivity index (χ4n) is 2.14. The number of rotatable bonds is 5. The van der Waals surface area contributed by atoms with Crippen molar-refractivity contribution in [2.75, 3.05) is 6.54 Å². The maximum absolute atomic E-state index is 12.2. The number of hydrogen-bond donors (Lipinski definition) is 1. The number of benzene rings is 1. The van der Waals surface area contributed by atoms with Crippen LogP contribution in [0.25, 0.3) is 0 Å². The molecule has 0 bridgehead atoms. The Balaban J connectivity index is 2.24. The minimum Gasteiger partial charge on any atom is -0.350 e. The van der Waals surface area contributed by atoms with Crippen LogP contribution in [0.1, 0.15) is 32.9 Å². The first-order valence-corrected chi connectivity index (χ1v) is 7.76. The average Bonchev–Trinajstić information content (AvgIpc) is 2.78. The van der Waals surface area contributed by atoms with E-state index in [2.05, 4.69) is 5.32 Å². The van der Waals surface area contributed by atoms with Gasteiger partial charge in [0.05, 0.1) is 19.0 Å². The summed E-state index contributed by atoms with van der Waals surface area (Å²) < 4.78 is 1.62. The van der Waals surface area contributed by atoms with Crippen LogP contribution in [0.3, 0.4) is 0 Å². The normalized spacial score (nSPS) is 10.2. The summed E-state index contributed by atoms with van der Waals surface area (Å²) in [6, 6.07) is 9.83. The molecule has 22 heavy (non-hydrogen) atoms. The molecule has 0 fully saturated rings. The molecule has 0 spiro atoms. The SMILES string of the molecule is Cc1ccccc1Cn1c(C)c(C(=O)NCCC#N)sc1=O. The van der Waals surface area contributed by atoms with Gasteiger partial charge in [-0.25, -0.2) is 0 Å². The van der Waals surface area contributed by atoms with Crippen LogP contribution in [0.4, 0.5) is 0 Å². The van der Waals surface area contributed by atoms with Crippen molar-refractivity contribution in [2.45, 2.75) is 26.8 Å². The van der Waals surface area contributed by atoms with Crippen LogP contribution < -0.4 is 10.2 Å². The van der Waals surface area contributed by atoms with E-state index in [-0.39, 0.29) is 17.2 Å². The minimum atomic E-state index is -0.293. The van der Waals surface area contributed by atoms with E-state index in [9.17, 15) is 9.59 Å². The highest BCUT2D eigenvalue weighted by Crippen LogP contribution is 2.15. The molecule has 0 saturated heterocycles. The summed E-state index contributed by atoms with van der Waals surface area (Å²) in [6.07, 6.45) is 0.254. The third-order valence-electron chi connectivity index (χ3n) is 3.46. The molecule has 114 valence electrons. The van der Waals surface area contributed by atoms with E-state index in [0.717, 1.165) is 22.5 Å². The van der Waals surface area contributed by atoms with E-state index in [0.29, 0.717) is 23.7 Å². The highest BCUT2D eigenvalue weighted by molar-refractivity contribution is 7.11. The van der Waals surface area contributed by atoms with Crippen molar-refractivity contribution in [1.82, 2.24) is 9.88 Å². The van der Waals surface area contributed by atoms with Gasteiger partial charge in [0.15, 0.2) is 0 Å². The van der Waals surface area contributed by atoms with Crippen LogP contribution in [0.5, 0.6) is 0 Å². The lowest BCUT2D eigenvalue weighted by Gasteiger charge is -2.08. The topological polar surface area (TPSA) is 74.9 Å². The number of thiazole rings is 1. The number of nitrogens with one attached hydrogen (secondary N) is 1. The quantitative estimate of drug-likeness (QED) is 0.860. The van der Waals surface area contributed by atoms with Gasteiger partial charge in [-0.2, -0.15) is 5.26 Å². The highest BCUT2D eigenvalue weighted by Gasteiger charge is 2.17. The molecule has 1 aromatic heterocycles. The van der Waals surface area contributed by atoms with Crippen molar-refractivity contribution in [1.29, 1.82) is 5.26 Å². The molecule has 0 unspecified atom stereocenters. The monoisotopic (exact) mass is 315 g/mol. The van der Waals surface area contributed by atoms with E-state index in [4.69, 9.17) is 5.26 Å². The smallest absolute Gasteiger partial charge is 0.308 e. The van der Waals surface area contributed by atoms with Crippen molar-refractivity contribution in [3.63, 3.8) is 0 Å². The van der Waals surface area contributed by atoms with E-state index >= 15 is 0 Å². The molecule has 2 rings (SSSR count). The van der Waals surface area contributed by atoms with Crippen molar-refractivity contribution in [3.05, 3.63) is 55.6 Å². The largest absolute Gasteiger partial charge is 0.350 e. The minimum absolute atomic E-state index is 0.147. The van der Waals surface area contributed by atoms with Crippen molar-refractivity contribution >= 4 is 17.2 Å². The molecular weight excluding hydrogens is 298 g/mol. The molecule has 1 amide bonds. The van der Waals surface area contributed by atoms with E-state index in [1.807, 2.05) is 37.3 Å². The van der Waals surface area contributed by atoms with Crippen molar-refractivity contribution < 1.29 is 4.79 Å². The van der Waals surface area contributed by atoms with Crippen LogP contribution >= 0.6 is 11.3 Å². The van der Waals surface area contributed by atoms with Crippen LogP contribution in [0.2, 0.25) is 0 Å². The summed E-state index contributed by atoms with van der Waals surface area (Å²) in [5.74, 6) is -0.293. The fourth-order valence-corrected chi connectivity index (χ4v) is 3.05. The third kappa shape index (κ3) is 3.43. The van der Waals surface area contributed by atoms with Crippen molar-refractivity contribution in [2.24, 2.45) is 0 Å². The first kappa shape index (κ1) is 16.0. The fraction of sp³-hybridized carbons (Fsp3) is 0.312. The molecule has 5 nitrogen and oxygen atoms in total. The lowest BCUT2D eigenvalue weighted by Crippen LogP contribution is -2.24. The first-order valence-electron chi connectivity index (χ1n) is 6.94. The van der Waals surface area contributed by atoms with Gasteiger partial charge in [-0.1, -0.05) is 35.6 Å². The second-order valence-corrected chi connectivity index (χ2v) is 5.92. The van der Waals surface area contributed by atoms with Crippen LogP contribution in [-0.4, -0.2) is 17.0 Å². The van der Waals surface area contributed by atoms with E-state index < -0.39 is 0 Å². The second-order valence-electron chi connectivity index (χ2n) is 4.96. The lowest BCUT2D eigenvalue weighted by atomic mass is 10.1. The molecule has 1 heterocycles. The zero-order valence-electron chi connectivity index (χ0n) is 12.5. The van der Waals surface area contributed by atoms with Gasteiger partial charge in [-0.15, -0.1) is 0 Å². The second kappa shape index (κ2) is 7.05. The zero-order valence-corrected chi connectivity index (χ0v) is 13.4. The number of amides is 1. The molecule has 2 aromatic rings. The molecule has 6 heteroatoms. The number of carbonyl (C=O) groups is 1. The summed E-state index contributed by atoms with van der Waals surface area (Å²) >= 11 is 0.945. The van der Waals surface area contributed by atoms with Gasteiger partial charge in [-0.3, -0.25) is 14.2 Å². The molecule has 0 radical (unpaired) electrons. The Morgan fingerprint density at radius 3 is 2.77 bits per heavy atom. The molecule has 1 N–H and O–H groups in total. The summed E-state index contributed by atoms with van der Waals surface area (Å²) in [4.78, 5) is 24.5. The van der Waals surface area contributed by atoms with Gasteiger partial charge in [0.2, 0.25) is 0 Å². The zero-order chi connectivity index (χ0) is 16.1. The predicted octanol–water partition coefficient (Wildman–Crippen LogP) is 2.22. The van der Waals surface area contributed by atoms with Gasteiger partial charge in [0.25, 0.3) is 5.91 Å². The number of hydrogen-bond acceptors (Lipinski definition) is 4. The summed E-state index contributed by atoms with van der Waals surface area (Å²) in [7, 11) is 0. The molecular formula is C16H17N3O2S. The molecule has 0 aliphatic carbocycles. The number of nitrogens with zero attached hydrogens (tertiary/aromatic N) is 2. The Bertz CT molecular complexity index is 783. The van der Waals surface area contributed by atoms with Crippen LogP contribution in [0, 0.1) is 25.2 Å². The van der Waals surface area contributed by atoms with Gasteiger partial charge in [0.1, 0.15) is 4.88 Å². The summed E-state index contributed by atoms with van der Waals surface area (Å²) in [5, 5.41) is 11.1. The maximum atomic E-state index is 12.2. The molecule has 0 atom stereocenters. The van der Waals surface area contributed by atoms with Crippen LogP contribution in [0.15, 0.2) is 29.1 Å². The predicted molar refractivity (Wildman–Crippen MR) is 86.2 cm³/mol. The Morgan fingerprint density at radius 2 is 2.09 bits per heavy atom. The van der Waals surface area contributed by atoms with Gasteiger partial charge in [0, 0.05) is 12.2 Å². The highest BCUT2D eigenvalue weighted by atomic mass is 32.1. The summed E-state index contributed by atoms with van der Waals surface area (Å²) in [5.41, 5.74) is 2.83. The lowest BCUT2D eigenvalue weighted by molar-refractivity contribution is 0.0957. The number of aryl methyl sites for hydroxylation is 1. The maximum Gasteiger partial charge on any atom is 0.308 e. The number of nitriles is 1. The summed E-state index contributed by atoms with van der Waals surface area (Å²) in [6.45, 7) is 4.52. The third-order valence-corrected chi connectivity index (χ3v) is 4.54. The first-order chi connectivity index (χ1) is 10.5. The molecule has 0 aliphatic rings. The Morgan fingerprint density at radius 1 is 1.36 bits per heavy atom. The number of carbonyl (C=O) groups excluding carboxylic acids is 1. The Hall–Kier alpha value is -2.39. The van der Waals surface area contributed by atoms with Gasteiger partial charge < -0.3 is 5.32 Å². The van der Waals surface area contributed by atoms with Gasteiger partial charge in [-0.05, 0) is 25.0 Å². The van der Waals surface area contributed by atoms with E-state index in [1.165, 1.54) is 0 Å². The Labute approximate surface area is 132 Å². The average molecular weight is 315 g/mol. The van der Waals surface area contributed by atoms with E-state index in [1.54, 1.807) is 11.5 Å². The van der Waals surface area contributed by atoms with Crippen molar-refractivity contribution in [3.8, 4) is 6.07 Å². The van der Waals surface area contributed by atoms with Gasteiger partial charge >= 0.3 is 4.87 Å². The van der Waals surface area contributed by atoms with Crippen LogP contribution in [-0.2, 0) is 6.54 Å². The standard InChI is InChI=1S/C16H17N3O2S/c1-11-6-3-4-7-13(11)10-19-12(2)14(22-16(19)21)15(20)18-9-5-8-17/h3-4,6-7H,5,9-10H2,1-2H3,(H,18,20). The molecule has 0 saturated carbocycles. The Kier molecular flexibility index (Phi) is 5.12.